The minimum Gasteiger partial charge on any atom is -0.478 e. The number of aliphatic hydroxyl groups is 1. The summed E-state index contributed by atoms with van der Waals surface area (Å²) in [6.45, 7) is 7.82. The van der Waals surface area contributed by atoms with Crippen molar-refractivity contribution < 1.29 is 15.0 Å². The number of aliphatic carboxylic acids is 1. The Bertz CT molecular complexity index is 689. The van der Waals surface area contributed by atoms with Crippen LogP contribution in [0.1, 0.15) is 43.9 Å². The van der Waals surface area contributed by atoms with Gasteiger partial charge >= 0.3 is 5.97 Å². The molecule has 0 amide bonds. The van der Waals surface area contributed by atoms with E-state index >= 15 is 0 Å². The van der Waals surface area contributed by atoms with Gasteiger partial charge in [-0.15, -0.1) is 0 Å². The van der Waals surface area contributed by atoms with Crippen LogP contribution in [0, 0.1) is 6.92 Å². The Kier molecular flexibility index (Phi) is 7.93. The molecule has 1 atom stereocenters. The summed E-state index contributed by atoms with van der Waals surface area (Å²) in [6.07, 6.45) is 10.7. The fourth-order valence-corrected chi connectivity index (χ4v) is 2.32. The second-order valence-electron chi connectivity index (χ2n) is 5.94. The van der Waals surface area contributed by atoms with Crippen molar-refractivity contribution in [2.75, 3.05) is 0 Å². The van der Waals surface area contributed by atoms with Crippen LogP contribution in [0.15, 0.2) is 54.2 Å². The number of carbonyl (C=O) groups is 1. The Morgan fingerprint density at radius 1 is 1.29 bits per heavy atom. The van der Waals surface area contributed by atoms with Gasteiger partial charge < -0.3 is 10.2 Å². The maximum Gasteiger partial charge on any atom is 0.327 e. The highest BCUT2D eigenvalue weighted by atomic mass is 16.4. The minimum absolute atomic E-state index is 0.481. The van der Waals surface area contributed by atoms with Crippen molar-refractivity contribution in [3.05, 3.63) is 70.8 Å². The van der Waals surface area contributed by atoms with Crippen molar-refractivity contribution in [1.29, 1.82) is 0 Å². The highest BCUT2D eigenvalue weighted by Crippen LogP contribution is 2.23. The molecule has 1 aromatic rings. The van der Waals surface area contributed by atoms with Crippen LogP contribution in [0.2, 0.25) is 0 Å². The molecule has 3 heteroatoms. The van der Waals surface area contributed by atoms with Crippen LogP contribution in [0.25, 0.3) is 11.6 Å². The molecule has 0 fully saturated rings. The van der Waals surface area contributed by atoms with Crippen LogP contribution in [0.3, 0.4) is 0 Å². The zero-order chi connectivity index (χ0) is 18.1. The quantitative estimate of drug-likeness (QED) is 0.560. The molecule has 2 N–H and O–H groups in total. The number of hydrogen-bond donors (Lipinski definition) is 2. The number of aliphatic hydroxyl groups excluding tert-OH is 1. The van der Waals surface area contributed by atoms with Crippen molar-refractivity contribution in [1.82, 2.24) is 0 Å². The molecule has 0 aliphatic heterocycles. The van der Waals surface area contributed by atoms with Gasteiger partial charge in [0.05, 0.1) is 6.10 Å². The number of carboxylic acid groups (broad SMARTS) is 1. The van der Waals surface area contributed by atoms with Gasteiger partial charge in [0.25, 0.3) is 0 Å². The molecule has 0 bridgehead atoms. The monoisotopic (exact) mass is 326 g/mol. The van der Waals surface area contributed by atoms with Gasteiger partial charge in [-0.05, 0) is 50.8 Å². The van der Waals surface area contributed by atoms with Gasteiger partial charge in [0.2, 0.25) is 0 Å². The molecule has 1 rings (SSSR count). The topological polar surface area (TPSA) is 57.5 Å². The molecule has 0 heterocycles. The molecule has 1 unspecified atom stereocenters. The molecule has 0 saturated carbocycles. The Balaban J connectivity index is 3.02. The van der Waals surface area contributed by atoms with Gasteiger partial charge in [-0.1, -0.05) is 59.7 Å². The number of aryl methyl sites for hydroxylation is 1. The van der Waals surface area contributed by atoms with Crippen molar-refractivity contribution in [3.63, 3.8) is 0 Å². The standard InChI is InChI=1S/C21H26O3/c1-15(7-5-6-8-21(23)24)13-17(3)20-12-9-16(2)14-19(20)11-10-18(4)22/h6-14,18,22H,5H2,1-4H3,(H,23,24)/b8-6+,11-10+,15-7+,17-13+. The number of hydrogen-bond acceptors (Lipinski definition) is 2. The Morgan fingerprint density at radius 3 is 2.62 bits per heavy atom. The highest BCUT2D eigenvalue weighted by Gasteiger charge is 2.03. The van der Waals surface area contributed by atoms with E-state index in [1.807, 2.05) is 26.0 Å². The first-order valence-electron chi connectivity index (χ1n) is 8.01. The van der Waals surface area contributed by atoms with Crippen LogP contribution in [-0.4, -0.2) is 22.3 Å². The summed E-state index contributed by atoms with van der Waals surface area (Å²) in [5, 5.41) is 18.0. The Hall–Kier alpha value is -2.39. The molecule has 1 aromatic carbocycles. The van der Waals surface area contributed by atoms with E-state index in [0.29, 0.717) is 6.42 Å². The van der Waals surface area contributed by atoms with E-state index in [1.165, 1.54) is 5.56 Å². The third-order valence-electron chi connectivity index (χ3n) is 3.47. The summed E-state index contributed by atoms with van der Waals surface area (Å²) < 4.78 is 0. The van der Waals surface area contributed by atoms with Gasteiger partial charge in [0, 0.05) is 6.08 Å². The van der Waals surface area contributed by atoms with Gasteiger partial charge in [0.15, 0.2) is 0 Å². The van der Waals surface area contributed by atoms with Crippen LogP contribution in [0.4, 0.5) is 0 Å². The van der Waals surface area contributed by atoms with E-state index in [2.05, 4.69) is 31.2 Å². The molecule has 0 saturated heterocycles. The SMILES string of the molecule is CC(=C\C/C=C/C(=O)O)/C=C(\C)c1ccc(C)cc1/C=C/C(C)O. The van der Waals surface area contributed by atoms with E-state index in [1.54, 1.807) is 19.1 Å². The van der Waals surface area contributed by atoms with E-state index in [4.69, 9.17) is 5.11 Å². The van der Waals surface area contributed by atoms with E-state index in [9.17, 15) is 9.90 Å². The van der Waals surface area contributed by atoms with Crippen LogP contribution in [0.5, 0.6) is 0 Å². The summed E-state index contributed by atoms with van der Waals surface area (Å²) in [5.74, 6) is -0.929. The smallest absolute Gasteiger partial charge is 0.327 e. The summed E-state index contributed by atoms with van der Waals surface area (Å²) in [6, 6.07) is 6.25. The average molecular weight is 326 g/mol. The van der Waals surface area contributed by atoms with Crippen LogP contribution < -0.4 is 0 Å². The number of allylic oxidation sites excluding steroid dienone is 5. The molecule has 3 nitrogen and oxygen atoms in total. The lowest BCUT2D eigenvalue weighted by molar-refractivity contribution is -0.131. The molecular formula is C21H26O3. The molecule has 0 aliphatic rings. The third kappa shape index (κ3) is 7.25. The van der Waals surface area contributed by atoms with Gasteiger partial charge in [-0.2, -0.15) is 0 Å². The lowest BCUT2D eigenvalue weighted by Crippen LogP contribution is -1.93. The van der Waals surface area contributed by atoms with Gasteiger partial charge in [-0.25, -0.2) is 4.79 Å². The van der Waals surface area contributed by atoms with Crippen molar-refractivity contribution >= 4 is 17.6 Å². The Labute approximate surface area is 144 Å². The number of rotatable bonds is 7. The minimum atomic E-state index is -0.929. The van der Waals surface area contributed by atoms with Gasteiger partial charge in [-0.3, -0.25) is 0 Å². The molecular weight excluding hydrogens is 300 g/mol. The van der Waals surface area contributed by atoms with E-state index in [-0.39, 0.29) is 0 Å². The zero-order valence-electron chi connectivity index (χ0n) is 14.8. The second kappa shape index (κ2) is 9.68. The van der Waals surface area contributed by atoms with Crippen molar-refractivity contribution in [2.24, 2.45) is 0 Å². The van der Waals surface area contributed by atoms with Crippen LogP contribution >= 0.6 is 0 Å². The fourth-order valence-electron chi connectivity index (χ4n) is 2.32. The lowest BCUT2D eigenvalue weighted by atomic mass is 9.96. The van der Waals surface area contributed by atoms with E-state index < -0.39 is 12.1 Å². The van der Waals surface area contributed by atoms with Gasteiger partial charge in [0.1, 0.15) is 0 Å². The third-order valence-corrected chi connectivity index (χ3v) is 3.47. The second-order valence-corrected chi connectivity index (χ2v) is 5.94. The van der Waals surface area contributed by atoms with Crippen molar-refractivity contribution in [2.45, 2.75) is 40.2 Å². The maximum absolute atomic E-state index is 10.4. The summed E-state index contributed by atoms with van der Waals surface area (Å²) in [5.41, 5.74) is 5.56. The normalized spacial score (nSPS) is 14.5. The highest BCUT2D eigenvalue weighted by molar-refractivity contribution is 5.79. The van der Waals surface area contributed by atoms with Crippen LogP contribution in [-0.2, 0) is 4.79 Å². The fraction of sp³-hybridized carbons (Fsp3) is 0.286. The first-order valence-corrected chi connectivity index (χ1v) is 8.01. The summed E-state index contributed by atoms with van der Waals surface area (Å²) in [7, 11) is 0. The Morgan fingerprint density at radius 2 is 2.00 bits per heavy atom. The molecule has 0 spiro atoms. The maximum atomic E-state index is 10.4. The molecule has 0 radical (unpaired) electrons. The predicted molar refractivity (Wildman–Crippen MR) is 101 cm³/mol. The molecule has 24 heavy (non-hydrogen) atoms. The largest absolute Gasteiger partial charge is 0.478 e. The lowest BCUT2D eigenvalue weighted by Gasteiger charge is -2.09. The predicted octanol–water partition coefficient (Wildman–Crippen LogP) is 4.77. The number of carboxylic acids is 1. The zero-order valence-corrected chi connectivity index (χ0v) is 14.8. The first kappa shape index (κ1) is 19.7. The van der Waals surface area contributed by atoms with E-state index in [0.717, 1.165) is 28.3 Å². The average Bonchev–Trinajstić information content (AvgIpc) is 2.49. The first-order chi connectivity index (χ1) is 11.3. The summed E-state index contributed by atoms with van der Waals surface area (Å²) >= 11 is 0. The number of benzene rings is 1. The van der Waals surface area contributed by atoms with Crippen molar-refractivity contribution in [3.8, 4) is 0 Å². The molecule has 0 aromatic heterocycles. The molecule has 128 valence electrons. The molecule has 0 aliphatic carbocycles. The summed E-state index contributed by atoms with van der Waals surface area (Å²) in [4.78, 5) is 10.4.